The van der Waals surface area contributed by atoms with Crippen molar-refractivity contribution in [3.63, 3.8) is 0 Å². The van der Waals surface area contributed by atoms with Gasteiger partial charge in [-0.1, -0.05) is 0 Å². The van der Waals surface area contributed by atoms with Gasteiger partial charge in [-0.25, -0.2) is 0 Å². The average Bonchev–Trinajstić information content (AvgIpc) is 2.47. The van der Waals surface area contributed by atoms with E-state index >= 15 is 0 Å². The maximum absolute atomic E-state index is 11.5. The van der Waals surface area contributed by atoms with E-state index in [1.807, 2.05) is 24.6 Å². The first-order valence-electron chi connectivity index (χ1n) is 6.57. The topological polar surface area (TPSA) is 78.9 Å². The van der Waals surface area contributed by atoms with Crippen molar-refractivity contribution in [2.45, 2.75) is 19.8 Å². The van der Waals surface area contributed by atoms with Gasteiger partial charge in [0.2, 0.25) is 0 Å². The molecule has 114 valence electrons. The monoisotopic (exact) mass is 295 g/mol. The lowest BCUT2D eigenvalue weighted by Crippen LogP contribution is -2.23. The van der Waals surface area contributed by atoms with E-state index in [-0.39, 0.29) is 19.1 Å². The summed E-state index contributed by atoms with van der Waals surface area (Å²) in [5.74, 6) is -1.93. The molecule has 0 aliphatic heterocycles. The number of methoxy groups -OCH3 is 1. The fourth-order valence-electron chi connectivity index (χ4n) is 1.75. The molecule has 0 amide bonds. The molecule has 0 radical (unpaired) electrons. The molecule has 1 unspecified atom stereocenters. The van der Waals surface area contributed by atoms with E-state index in [0.717, 1.165) is 5.57 Å². The van der Waals surface area contributed by atoms with Crippen LogP contribution in [-0.2, 0) is 28.6 Å². The molecule has 0 bridgehead atoms. The van der Waals surface area contributed by atoms with Crippen LogP contribution in [0.4, 0.5) is 0 Å². The van der Waals surface area contributed by atoms with Crippen molar-refractivity contribution in [2.75, 3.05) is 20.3 Å². The lowest BCUT2D eigenvalue weighted by Gasteiger charge is -2.18. The Kier molecular flexibility index (Phi) is 7.08. The van der Waals surface area contributed by atoms with Crippen molar-refractivity contribution in [3.8, 4) is 0 Å². The van der Waals surface area contributed by atoms with E-state index in [4.69, 9.17) is 9.47 Å². The van der Waals surface area contributed by atoms with Crippen molar-refractivity contribution >= 4 is 17.9 Å². The normalized spacial score (nSPS) is 14.5. The van der Waals surface area contributed by atoms with Crippen molar-refractivity contribution in [1.29, 1.82) is 0 Å². The minimum atomic E-state index is -0.661. The molecular weight excluding hydrogens is 276 g/mol. The van der Waals surface area contributed by atoms with Crippen molar-refractivity contribution in [1.82, 2.24) is 0 Å². The van der Waals surface area contributed by atoms with Gasteiger partial charge in [-0.05, 0) is 5.57 Å². The summed E-state index contributed by atoms with van der Waals surface area (Å²) >= 11 is 0. The Labute approximate surface area is 123 Å². The van der Waals surface area contributed by atoms with Gasteiger partial charge in [0.25, 0.3) is 0 Å². The van der Waals surface area contributed by atoms with Gasteiger partial charge >= 0.3 is 17.9 Å². The van der Waals surface area contributed by atoms with E-state index in [0.29, 0.717) is 6.42 Å². The van der Waals surface area contributed by atoms with Crippen molar-refractivity contribution in [2.24, 2.45) is 5.92 Å². The molecule has 1 atom stereocenters. The van der Waals surface area contributed by atoms with Crippen LogP contribution in [-0.4, -0.2) is 38.2 Å². The van der Waals surface area contributed by atoms with Gasteiger partial charge in [-0.15, -0.1) is 0 Å². The predicted molar refractivity (Wildman–Crippen MR) is 73.9 cm³/mol. The van der Waals surface area contributed by atoms with Crippen LogP contribution in [0.15, 0.2) is 23.8 Å². The Balaban J connectivity index is 2.54. The first-order valence-corrected chi connectivity index (χ1v) is 6.57. The summed E-state index contributed by atoms with van der Waals surface area (Å²) in [6.45, 7) is 1.51. The summed E-state index contributed by atoms with van der Waals surface area (Å²) in [5, 5.41) is 0. The molecule has 0 aromatic carbocycles. The number of hydrogen-bond acceptors (Lipinski definition) is 6. The standard InChI is InChI=1S/C15H19O6/c1-11(16)20-9-13(12-6-4-3-5-7-12)10-21-15(18)8-14(17)19-2/h3-6,13H,7-10H2,1-2H3/q+1. The number of allylic oxidation sites excluding steroid dienone is 3. The smallest absolute Gasteiger partial charge is 0.317 e. The highest BCUT2D eigenvalue weighted by molar-refractivity contribution is 5.91. The van der Waals surface area contributed by atoms with E-state index in [2.05, 4.69) is 4.74 Å². The second-order valence-corrected chi connectivity index (χ2v) is 4.50. The molecule has 0 heterocycles. The Hall–Kier alpha value is -2.24. The molecule has 6 heteroatoms. The lowest BCUT2D eigenvalue weighted by molar-refractivity contribution is -0.154. The first-order chi connectivity index (χ1) is 10.0. The van der Waals surface area contributed by atoms with E-state index < -0.39 is 24.3 Å². The largest absolute Gasteiger partial charge is 0.469 e. The SMILES string of the molecule is COC(=O)CC(=O)OCC(COC(C)=O)C1=CC=C[CH+]C1. The van der Waals surface area contributed by atoms with Crippen molar-refractivity contribution < 1.29 is 28.6 Å². The zero-order valence-electron chi connectivity index (χ0n) is 12.2. The summed E-state index contributed by atoms with van der Waals surface area (Å²) in [4.78, 5) is 33.4. The van der Waals surface area contributed by atoms with E-state index in [1.54, 1.807) is 0 Å². The minimum Gasteiger partial charge on any atom is -0.469 e. The Morgan fingerprint density at radius 2 is 1.95 bits per heavy atom. The predicted octanol–water partition coefficient (Wildman–Crippen LogP) is 1.36. The van der Waals surface area contributed by atoms with Crippen LogP contribution in [0.3, 0.4) is 0 Å². The summed E-state index contributed by atoms with van der Waals surface area (Å²) in [6.07, 6.45) is 7.93. The zero-order valence-corrected chi connectivity index (χ0v) is 12.2. The second-order valence-electron chi connectivity index (χ2n) is 4.50. The number of carbonyl (C=O) groups excluding carboxylic acids is 3. The minimum absolute atomic E-state index is 0.0522. The summed E-state index contributed by atoms with van der Waals surface area (Å²) < 4.78 is 14.4. The summed E-state index contributed by atoms with van der Waals surface area (Å²) in [5.41, 5.74) is 1.00. The third-order valence-corrected chi connectivity index (χ3v) is 2.89. The first kappa shape index (κ1) is 16.8. The fourth-order valence-corrected chi connectivity index (χ4v) is 1.75. The number of hydrogen-bond donors (Lipinski definition) is 0. The van der Waals surface area contributed by atoms with E-state index in [1.165, 1.54) is 14.0 Å². The molecule has 1 rings (SSSR count). The second kappa shape index (κ2) is 8.84. The van der Waals surface area contributed by atoms with Crippen LogP contribution in [0.1, 0.15) is 19.8 Å². The third-order valence-electron chi connectivity index (χ3n) is 2.89. The fraction of sp³-hybridized carbons (Fsp3) is 0.467. The van der Waals surface area contributed by atoms with Crippen LogP contribution in [0.25, 0.3) is 0 Å². The van der Waals surface area contributed by atoms with Gasteiger partial charge in [-0.2, -0.15) is 0 Å². The molecule has 0 saturated carbocycles. The molecule has 0 aromatic heterocycles. The molecule has 1 aliphatic carbocycles. The van der Waals surface area contributed by atoms with Gasteiger partial charge in [0, 0.05) is 19.4 Å². The third kappa shape index (κ3) is 6.65. The van der Waals surface area contributed by atoms with Crippen LogP contribution < -0.4 is 0 Å². The Bertz CT molecular complexity index is 449. The number of ether oxygens (including phenoxy) is 3. The quantitative estimate of drug-likeness (QED) is 0.305. The van der Waals surface area contributed by atoms with Crippen LogP contribution in [0, 0.1) is 12.3 Å². The average molecular weight is 295 g/mol. The molecule has 0 spiro atoms. The maximum atomic E-state index is 11.5. The highest BCUT2D eigenvalue weighted by atomic mass is 16.6. The van der Waals surface area contributed by atoms with Gasteiger partial charge in [-0.3, -0.25) is 14.4 Å². The number of carbonyl (C=O) groups is 3. The van der Waals surface area contributed by atoms with Crippen molar-refractivity contribution in [3.05, 3.63) is 30.2 Å². The van der Waals surface area contributed by atoms with Gasteiger partial charge in [0.05, 0.1) is 31.6 Å². The molecule has 1 aliphatic rings. The van der Waals surface area contributed by atoms with Crippen LogP contribution in [0.5, 0.6) is 0 Å². The summed E-state index contributed by atoms with van der Waals surface area (Å²) in [7, 11) is 1.20. The maximum Gasteiger partial charge on any atom is 0.317 e. The Morgan fingerprint density at radius 1 is 1.24 bits per heavy atom. The molecular formula is C15H19O6+. The highest BCUT2D eigenvalue weighted by Crippen LogP contribution is 2.21. The molecule has 6 nitrogen and oxygen atoms in total. The number of rotatable bonds is 7. The Morgan fingerprint density at radius 3 is 2.52 bits per heavy atom. The molecule has 21 heavy (non-hydrogen) atoms. The molecule has 0 aromatic rings. The van der Waals surface area contributed by atoms with Crippen LogP contribution in [0.2, 0.25) is 0 Å². The van der Waals surface area contributed by atoms with E-state index in [9.17, 15) is 14.4 Å². The molecule has 0 N–H and O–H groups in total. The molecule has 0 fully saturated rings. The zero-order chi connectivity index (χ0) is 15.7. The number of esters is 3. The lowest BCUT2D eigenvalue weighted by atomic mass is 9.93. The molecule has 0 saturated heterocycles. The summed E-state index contributed by atoms with van der Waals surface area (Å²) in [6, 6.07) is 0. The van der Waals surface area contributed by atoms with Gasteiger partial charge in [0.1, 0.15) is 19.6 Å². The van der Waals surface area contributed by atoms with Gasteiger partial charge < -0.3 is 14.2 Å². The van der Waals surface area contributed by atoms with Gasteiger partial charge in [0.15, 0.2) is 0 Å². The van der Waals surface area contributed by atoms with Crippen LogP contribution >= 0.6 is 0 Å². The highest BCUT2D eigenvalue weighted by Gasteiger charge is 2.22.